The normalized spacial score (nSPS) is 13.5. The molecule has 0 heterocycles. The minimum Gasteiger partial charge on any atom is -0.491 e. The van der Waals surface area contributed by atoms with E-state index in [2.05, 4.69) is 32.2 Å². The minimum atomic E-state index is -0.474. The second-order valence-electron chi connectivity index (χ2n) is 5.30. The van der Waals surface area contributed by atoms with Gasteiger partial charge in [0.15, 0.2) is 0 Å². The van der Waals surface area contributed by atoms with Gasteiger partial charge in [0.25, 0.3) is 0 Å². The van der Waals surface area contributed by atoms with Crippen LogP contribution < -0.4 is 10.1 Å². The van der Waals surface area contributed by atoms with E-state index < -0.39 is 6.10 Å². The van der Waals surface area contributed by atoms with E-state index in [1.807, 2.05) is 25.2 Å². The molecule has 0 amide bonds. The fourth-order valence-electron chi connectivity index (χ4n) is 1.54. The van der Waals surface area contributed by atoms with Gasteiger partial charge in [0.1, 0.15) is 18.5 Å². The molecule has 0 spiro atoms. The quantitative estimate of drug-likeness (QED) is 0.822. The summed E-state index contributed by atoms with van der Waals surface area (Å²) in [4.78, 5) is 0. The third kappa shape index (κ3) is 4.75. The summed E-state index contributed by atoms with van der Waals surface area (Å²) in [6.45, 7) is 7.36. The number of aliphatic hydroxyl groups excluding tert-OH is 1. The molecule has 1 rings (SSSR count). The molecular weight excluding hydrogens is 214 g/mol. The standard InChI is InChI=1S/C14H23NO2/c1-14(2,3)11-6-5-7-13(8-11)17-10-12(16)9-15-4/h5-8,12,15-16H,9-10H2,1-4H3. The van der Waals surface area contributed by atoms with Crippen LogP contribution in [0.1, 0.15) is 26.3 Å². The molecule has 0 saturated heterocycles. The molecule has 0 aliphatic rings. The topological polar surface area (TPSA) is 41.5 Å². The first-order valence-electron chi connectivity index (χ1n) is 5.99. The van der Waals surface area contributed by atoms with Crippen molar-refractivity contribution in [1.29, 1.82) is 0 Å². The number of benzene rings is 1. The second-order valence-corrected chi connectivity index (χ2v) is 5.30. The number of hydrogen-bond donors (Lipinski definition) is 2. The zero-order chi connectivity index (χ0) is 12.9. The molecule has 1 unspecified atom stereocenters. The summed E-state index contributed by atoms with van der Waals surface area (Å²) in [5.74, 6) is 0.813. The summed E-state index contributed by atoms with van der Waals surface area (Å²) in [5.41, 5.74) is 1.35. The Morgan fingerprint density at radius 3 is 2.65 bits per heavy atom. The van der Waals surface area contributed by atoms with Crippen molar-refractivity contribution in [2.45, 2.75) is 32.3 Å². The maximum Gasteiger partial charge on any atom is 0.119 e. The molecule has 0 aliphatic heterocycles. The van der Waals surface area contributed by atoms with Crippen molar-refractivity contribution in [2.24, 2.45) is 0 Å². The van der Waals surface area contributed by atoms with Gasteiger partial charge in [-0.25, -0.2) is 0 Å². The highest BCUT2D eigenvalue weighted by Gasteiger charge is 2.14. The number of nitrogens with one attached hydrogen (secondary N) is 1. The molecule has 1 aromatic rings. The van der Waals surface area contributed by atoms with E-state index in [0.717, 1.165) is 5.75 Å². The third-order valence-electron chi connectivity index (χ3n) is 2.58. The Bertz CT molecular complexity index is 344. The zero-order valence-corrected chi connectivity index (χ0v) is 11.2. The van der Waals surface area contributed by atoms with Crippen LogP contribution in [0.3, 0.4) is 0 Å². The third-order valence-corrected chi connectivity index (χ3v) is 2.58. The lowest BCUT2D eigenvalue weighted by Crippen LogP contribution is -2.29. The van der Waals surface area contributed by atoms with Gasteiger partial charge in [0, 0.05) is 6.54 Å². The van der Waals surface area contributed by atoms with E-state index in [1.165, 1.54) is 5.56 Å². The van der Waals surface area contributed by atoms with Crippen LogP contribution in [-0.4, -0.2) is 31.4 Å². The highest BCUT2D eigenvalue weighted by molar-refractivity contribution is 5.32. The molecule has 17 heavy (non-hydrogen) atoms. The number of rotatable bonds is 5. The minimum absolute atomic E-state index is 0.114. The summed E-state index contributed by atoms with van der Waals surface area (Å²) in [6.07, 6.45) is -0.474. The van der Waals surface area contributed by atoms with Crippen LogP contribution in [0.15, 0.2) is 24.3 Å². The van der Waals surface area contributed by atoms with E-state index in [0.29, 0.717) is 13.2 Å². The first-order valence-corrected chi connectivity index (χ1v) is 5.99. The lowest BCUT2D eigenvalue weighted by molar-refractivity contribution is 0.108. The van der Waals surface area contributed by atoms with Gasteiger partial charge >= 0.3 is 0 Å². The highest BCUT2D eigenvalue weighted by Crippen LogP contribution is 2.25. The van der Waals surface area contributed by atoms with Gasteiger partial charge in [-0.2, -0.15) is 0 Å². The van der Waals surface area contributed by atoms with Gasteiger partial charge in [-0.15, -0.1) is 0 Å². The van der Waals surface area contributed by atoms with Gasteiger partial charge in [-0.1, -0.05) is 32.9 Å². The Kier molecular flexibility index (Phi) is 4.97. The molecule has 1 atom stereocenters. The highest BCUT2D eigenvalue weighted by atomic mass is 16.5. The summed E-state index contributed by atoms with van der Waals surface area (Å²) >= 11 is 0. The summed E-state index contributed by atoms with van der Waals surface area (Å²) in [5, 5.41) is 12.5. The van der Waals surface area contributed by atoms with Gasteiger partial charge in [0.2, 0.25) is 0 Å². The van der Waals surface area contributed by atoms with Gasteiger partial charge in [0.05, 0.1) is 0 Å². The van der Waals surface area contributed by atoms with Crippen LogP contribution in [0.2, 0.25) is 0 Å². The fourth-order valence-corrected chi connectivity index (χ4v) is 1.54. The molecule has 0 aliphatic carbocycles. The van der Waals surface area contributed by atoms with Crippen molar-refractivity contribution in [3.05, 3.63) is 29.8 Å². The Balaban J connectivity index is 2.60. The summed E-state index contributed by atoms with van der Waals surface area (Å²) in [7, 11) is 1.81. The van der Waals surface area contributed by atoms with Gasteiger partial charge in [-0.3, -0.25) is 0 Å². The summed E-state index contributed by atoms with van der Waals surface area (Å²) in [6, 6.07) is 8.03. The fraction of sp³-hybridized carbons (Fsp3) is 0.571. The molecule has 1 aromatic carbocycles. The van der Waals surface area contributed by atoms with Crippen molar-refractivity contribution in [2.75, 3.05) is 20.2 Å². The van der Waals surface area contributed by atoms with Crippen LogP contribution in [0.4, 0.5) is 0 Å². The van der Waals surface area contributed by atoms with Gasteiger partial charge in [-0.05, 0) is 30.2 Å². The van der Waals surface area contributed by atoms with Crippen molar-refractivity contribution in [3.63, 3.8) is 0 Å². The predicted octanol–water partition coefficient (Wildman–Crippen LogP) is 1.94. The Labute approximate surface area is 104 Å². The van der Waals surface area contributed by atoms with Crippen molar-refractivity contribution >= 4 is 0 Å². The van der Waals surface area contributed by atoms with E-state index in [-0.39, 0.29) is 5.41 Å². The predicted molar refractivity (Wildman–Crippen MR) is 70.6 cm³/mol. The lowest BCUT2D eigenvalue weighted by Gasteiger charge is -2.20. The zero-order valence-electron chi connectivity index (χ0n) is 11.2. The first-order chi connectivity index (χ1) is 7.93. The lowest BCUT2D eigenvalue weighted by atomic mass is 9.87. The van der Waals surface area contributed by atoms with Crippen LogP contribution >= 0.6 is 0 Å². The molecule has 0 radical (unpaired) electrons. The smallest absolute Gasteiger partial charge is 0.119 e. The maximum absolute atomic E-state index is 9.55. The van der Waals surface area contributed by atoms with E-state index in [4.69, 9.17) is 4.74 Å². The first kappa shape index (κ1) is 14.0. The largest absolute Gasteiger partial charge is 0.491 e. The van der Waals surface area contributed by atoms with Crippen LogP contribution in [0.5, 0.6) is 5.75 Å². The molecule has 0 aromatic heterocycles. The molecule has 0 fully saturated rings. The molecular formula is C14H23NO2. The molecule has 96 valence electrons. The maximum atomic E-state index is 9.55. The van der Waals surface area contributed by atoms with Crippen molar-refractivity contribution in [3.8, 4) is 5.75 Å². The van der Waals surface area contributed by atoms with Crippen LogP contribution in [0.25, 0.3) is 0 Å². The molecule has 2 N–H and O–H groups in total. The number of ether oxygens (including phenoxy) is 1. The van der Waals surface area contributed by atoms with E-state index >= 15 is 0 Å². The Morgan fingerprint density at radius 2 is 2.06 bits per heavy atom. The number of hydrogen-bond acceptors (Lipinski definition) is 3. The average Bonchev–Trinajstić information content (AvgIpc) is 2.26. The van der Waals surface area contributed by atoms with Crippen LogP contribution in [-0.2, 0) is 5.41 Å². The van der Waals surface area contributed by atoms with Crippen LogP contribution in [0, 0.1) is 0 Å². The number of aliphatic hydroxyl groups is 1. The SMILES string of the molecule is CNCC(O)COc1cccc(C(C)(C)C)c1. The molecule has 3 heteroatoms. The number of likely N-dealkylation sites (N-methyl/N-ethyl adjacent to an activating group) is 1. The Hall–Kier alpha value is -1.06. The molecule has 0 bridgehead atoms. The molecule has 0 saturated carbocycles. The average molecular weight is 237 g/mol. The second kappa shape index (κ2) is 6.03. The molecule has 3 nitrogen and oxygen atoms in total. The van der Waals surface area contributed by atoms with Gasteiger partial charge < -0.3 is 15.2 Å². The Morgan fingerprint density at radius 1 is 1.35 bits per heavy atom. The van der Waals surface area contributed by atoms with E-state index in [9.17, 15) is 5.11 Å². The monoisotopic (exact) mass is 237 g/mol. The van der Waals surface area contributed by atoms with E-state index in [1.54, 1.807) is 0 Å². The summed E-state index contributed by atoms with van der Waals surface area (Å²) < 4.78 is 5.57. The van der Waals surface area contributed by atoms with Crippen molar-refractivity contribution < 1.29 is 9.84 Å². The van der Waals surface area contributed by atoms with Crippen molar-refractivity contribution in [1.82, 2.24) is 5.32 Å².